The molecule has 0 aliphatic heterocycles. The minimum Gasteiger partial charge on any atom is -0.478 e. The number of halogens is 6. The third kappa shape index (κ3) is 6.56. The number of hydrogen-bond donors (Lipinski definition) is 1. The molecule has 0 aliphatic rings. The molecule has 13 heteroatoms. The molecular formula is C24H27F6N5O2. The fourth-order valence-corrected chi connectivity index (χ4v) is 4.02. The molecule has 3 aromatic rings. The Hall–Kier alpha value is -3.22. The topological polar surface area (TPSA) is 86.0 Å². The van der Waals surface area contributed by atoms with Crippen molar-refractivity contribution in [2.24, 2.45) is 7.05 Å². The Morgan fingerprint density at radius 1 is 1.05 bits per heavy atom. The average molecular weight is 532 g/mol. The van der Waals surface area contributed by atoms with Crippen LogP contribution in [-0.4, -0.2) is 42.8 Å². The second-order valence-corrected chi connectivity index (χ2v) is 8.89. The summed E-state index contributed by atoms with van der Waals surface area (Å²) in [6.45, 7) is 6.67. The van der Waals surface area contributed by atoms with E-state index in [4.69, 9.17) is 4.74 Å². The molecule has 0 radical (unpaired) electrons. The highest BCUT2D eigenvalue weighted by Gasteiger charge is 2.38. The summed E-state index contributed by atoms with van der Waals surface area (Å²) in [6, 6.07) is 2.48. The lowest BCUT2D eigenvalue weighted by molar-refractivity contribution is -0.142. The summed E-state index contributed by atoms with van der Waals surface area (Å²) in [5.74, 6) is -0.528. The van der Waals surface area contributed by atoms with E-state index in [-0.39, 0.29) is 48.1 Å². The standard InChI is InChI=1S/C24H27F6N5O2/c1-6-37-22-14(4)15(10-19(31-22)23(25,26)27)9-16(36)7-12(2)18-8-13(3)20(33-32-18)17-11-35(5)34-21(17)24(28,29)30/h8,10-12,16,36H,6-7,9H2,1-5H3. The Kier molecular flexibility index (Phi) is 8.15. The van der Waals surface area contributed by atoms with Gasteiger partial charge in [-0.2, -0.15) is 36.5 Å². The van der Waals surface area contributed by atoms with Crippen molar-refractivity contribution in [1.29, 1.82) is 0 Å². The second-order valence-electron chi connectivity index (χ2n) is 8.89. The average Bonchev–Trinajstić information content (AvgIpc) is 3.17. The number of pyridine rings is 1. The van der Waals surface area contributed by atoms with Crippen molar-refractivity contribution in [2.45, 2.75) is 64.9 Å². The molecule has 3 rings (SSSR count). The van der Waals surface area contributed by atoms with Crippen molar-refractivity contribution in [3.63, 3.8) is 0 Å². The monoisotopic (exact) mass is 531 g/mol. The molecule has 0 spiro atoms. The van der Waals surface area contributed by atoms with Gasteiger partial charge in [-0.3, -0.25) is 4.68 Å². The molecule has 2 atom stereocenters. The number of hydrogen-bond acceptors (Lipinski definition) is 6. The minimum absolute atomic E-state index is 0.0347. The first kappa shape index (κ1) is 28.4. The molecule has 1 N–H and O–H groups in total. The van der Waals surface area contributed by atoms with Crippen LogP contribution in [0.3, 0.4) is 0 Å². The summed E-state index contributed by atoms with van der Waals surface area (Å²) in [6.07, 6.45) is -9.13. The van der Waals surface area contributed by atoms with Gasteiger partial charge in [0.15, 0.2) is 5.69 Å². The lowest BCUT2D eigenvalue weighted by Crippen LogP contribution is -2.18. The highest BCUT2D eigenvalue weighted by molar-refractivity contribution is 5.65. The van der Waals surface area contributed by atoms with Crippen LogP contribution in [0.15, 0.2) is 18.3 Å². The highest BCUT2D eigenvalue weighted by Crippen LogP contribution is 2.37. The fourth-order valence-electron chi connectivity index (χ4n) is 4.02. The fraction of sp³-hybridized carbons (Fsp3) is 0.500. The summed E-state index contributed by atoms with van der Waals surface area (Å²) in [5.41, 5.74) is -0.826. The predicted octanol–water partition coefficient (Wildman–Crippen LogP) is 5.42. The molecule has 0 saturated heterocycles. The maximum absolute atomic E-state index is 13.4. The van der Waals surface area contributed by atoms with E-state index < -0.39 is 29.8 Å². The van der Waals surface area contributed by atoms with Crippen LogP contribution in [0, 0.1) is 13.8 Å². The number of nitrogens with zero attached hydrogens (tertiary/aromatic N) is 5. The van der Waals surface area contributed by atoms with Gasteiger partial charge in [0.05, 0.1) is 29.7 Å². The summed E-state index contributed by atoms with van der Waals surface area (Å²) >= 11 is 0. The van der Waals surface area contributed by atoms with Gasteiger partial charge in [0.1, 0.15) is 5.69 Å². The van der Waals surface area contributed by atoms with Crippen LogP contribution in [0.5, 0.6) is 5.88 Å². The summed E-state index contributed by atoms with van der Waals surface area (Å²) in [4.78, 5) is 3.55. The van der Waals surface area contributed by atoms with E-state index in [2.05, 4.69) is 20.3 Å². The van der Waals surface area contributed by atoms with E-state index >= 15 is 0 Å². The Morgan fingerprint density at radius 2 is 1.73 bits per heavy atom. The molecule has 0 fully saturated rings. The van der Waals surface area contributed by atoms with Crippen LogP contribution in [0.4, 0.5) is 26.3 Å². The third-order valence-electron chi connectivity index (χ3n) is 5.85. The predicted molar refractivity (Wildman–Crippen MR) is 122 cm³/mol. The second kappa shape index (κ2) is 10.6. The van der Waals surface area contributed by atoms with Crippen LogP contribution in [0.2, 0.25) is 0 Å². The van der Waals surface area contributed by atoms with Crippen LogP contribution in [0.25, 0.3) is 11.3 Å². The van der Waals surface area contributed by atoms with Gasteiger partial charge in [-0.1, -0.05) is 6.92 Å². The van der Waals surface area contributed by atoms with Gasteiger partial charge in [-0.05, 0) is 56.9 Å². The molecule has 202 valence electrons. The number of aryl methyl sites for hydroxylation is 2. The molecule has 0 aliphatic carbocycles. The maximum atomic E-state index is 13.4. The van der Waals surface area contributed by atoms with E-state index in [1.54, 1.807) is 33.8 Å². The lowest BCUT2D eigenvalue weighted by atomic mass is 9.93. The molecule has 0 saturated carbocycles. The van der Waals surface area contributed by atoms with Crippen molar-refractivity contribution in [3.8, 4) is 17.1 Å². The Balaban J connectivity index is 1.81. The summed E-state index contributed by atoms with van der Waals surface area (Å²) in [5, 5.41) is 22.2. The first-order chi connectivity index (χ1) is 17.1. The van der Waals surface area contributed by atoms with E-state index in [0.717, 1.165) is 10.7 Å². The first-order valence-electron chi connectivity index (χ1n) is 11.5. The Morgan fingerprint density at radius 3 is 2.30 bits per heavy atom. The smallest absolute Gasteiger partial charge is 0.435 e. The molecule has 0 aromatic carbocycles. The molecule has 3 aromatic heterocycles. The molecule has 7 nitrogen and oxygen atoms in total. The Labute approximate surface area is 209 Å². The number of aliphatic hydroxyl groups is 1. The van der Waals surface area contributed by atoms with Crippen molar-refractivity contribution in [1.82, 2.24) is 25.0 Å². The van der Waals surface area contributed by atoms with Gasteiger partial charge in [0.2, 0.25) is 5.88 Å². The van der Waals surface area contributed by atoms with Gasteiger partial charge in [-0.15, -0.1) is 5.10 Å². The first-order valence-corrected chi connectivity index (χ1v) is 11.5. The van der Waals surface area contributed by atoms with Crippen LogP contribution in [0.1, 0.15) is 60.0 Å². The zero-order chi connectivity index (χ0) is 27.7. The van der Waals surface area contributed by atoms with Crippen molar-refractivity contribution >= 4 is 0 Å². The molecule has 3 heterocycles. The minimum atomic E-state index is -4.68. The molecule has 0 amide bonds. The largest absolute Gasteiger partial charge is 0.478 e. The molecule has 2 unspecified atom stereocenters. The number of alkyl halides is 6. The van der Waals surface area contributed by atoms with Gasteiger partial charge in [-0.25, -0.2) is 4.98 Å². The SMILES string of the molecule is CCOc1nc(C(F)(F)F)cc(CC(O)CC(C)c2cc(C)c(-c3cn(C)nc3C(F)(F)F)nn2)c1C. The van der Waals surface area contributed by atoms with E-state index in [1.807, 2.05) is 0 Å². The van der Waals surface area contributed by atoms with Crippen molar-refractivity contribution in [3.05, 3.63) is 52.1 Å². The van der Waals surface area contributed by atoms with E-state index in [9.17, 15) is 31.4 Å². The van der Waals surface area contributed by atoms with Crippen molar-refractivity contribution < 1.29 is 36.2 Å². The third-order valence-corrected chi connectivity index (χ3v) is 5.85. The van der Waals surface area contributed by atoms with Gasteiger partial charge in [0, 0.05) is 24.7 Å². The van der Waals surface area contributed by atoms with Gasteiger partial charge in [0.25, 0.3) is 0 Å². The number of aliphatic hydroxyl groups excluding tert-OH is 1. The van der Waals surface area contributed by atoms with Gasteiger partial charge < -0.3 is 9.84 Å². The number of aromatic nitrogens is 5. The normalized spacial score (nSPS) is 14.1. The molecule has 37 heavy (non-hydrogen) atoms. The summed E-state index contributed by atoms with van der Waals surface area (Å²) < 4.78 is 86.3. The van der Waals surface area contributed by atoms with Crippen molar-refractivity contribution in [2.75, 3.05) is 6.61 Å². The quantitative estimate of drug-likeness (QED) is 0.391. The molecular weight excluding hydrogens is 504 g/mol. The van der Waals surface area contributed by atoms with Crippen LogP contribution in [-0.2, 0) is 25.8 Å². The molecule has 0 bridgehead atoms. The Bertz CT molecular complexity index is 1260. The number of rotatable bonds is 8. The highest BCUT2D eigenvalue weighted by atomic mass is 19.4. The number of ether oxygens (including phenoxy) is 1. The van der Waals surface area contributed by atoms with E-state index in [1.165, 1.54) is 13.2 Å². The van der Waals surface area contributed by atoms with Crippen LogP contribution >= 0.6 is 0 Å². The van der Waals surface area contributed by atoms with E-state index in [0.29, 0.717) is 16.8 Å². The zero-order valence-corrected chi connectivity index (χ0v) is 20.9. The van der Waals surface area contributed by atoms with Gasteiger partial charge >= 0.3 is 12.4 Å². The lowest BCUT2D eigenvalue weighted by Gasteiger charge is -2.19. The van der Waals surface area contributed by atoms with Crippen LogP contribution < -0.4 is 4.74 Å². The maximum Gasteiger partial charge on any atom is 0.435 e. The summed E-state index contributed by atoms with van der Waals surface area (Å²) in [7, 11) is 1.37. The zero-order valence-electron chi connectivity index (χ0n) is 20.9.